The second-order valence-electron chi connectivity index (χ2n) is 8.74. The third-order valence-electron chi connectivity index (χ3n) is 6.34. The first-order valence-corrected chi connectivity index (χ1v) is 12.7. The first-order chi connectivity index (χ1) is 15.9. The van der Waals surface area contributed by atoms with Gasteiger partial charge in [-0.2, -0.15) is 4.37 Å². The summed E-state index contributed by atoms with van der Waals surface area (Å²) in [5, 5.41) is 3.15. The third-order valence-corrected chi connectivity index (χ3v) is 7.19. The minimum atomic E-state index is -0.772. The average molecular weight is 481 g/mol. The molecule has 1 atom stereocenters. The van der Waals surface area contributed by atoms with Gasteiger partial charge in [-0.3, -0.25) is 19.3 Å². The lowest BCUT2D eigenvalue weighted by Gasteiger charge is -2.33. The van der Waals surface area contributed by atoms with Gasteiger partial charge in [0.15, 0.2) is 5.69 Å². The topological polar surface area (TPSA) is 144 Å². The van der Waals surface area contributed by atoms with Crippen LogP contribution >= 0.6 is 11.5 Å². The minimum Gasteiger partial charge on any atom is -0.395 e. The summed E-state index contributed by atoms with van der Waals surface area (Å²) in [4.78, 5) is 42.5. The number of rotatable bonds is 11. The number of nitrogens with one attached hydrogen (secondary N) is 1. The summed E-state index contributed by atoms with van der Waals surface area (Å²) in [6.45, 7) is 6.34. The number of anilines is 1. The second kappa shape index (κ2) is 12.3. The summed E-state index contributed by atoms with van der Waals surface area (Å²) in [7, 11) is 0. The lowest BCUT2D eigenvalue weighted by atomic mass is 10.1. The van der Waals surface area contributed by atoms with Gasteiger partial charge < -0.3 is 26.4 Å². The van der Waals surface area contributed by atoms with E-state index in [2.05, 4.69) is 14.6 Å². The van der Waals surface area contributed by atoms with Crippen LogP contribution in [0, 0.1) is 0 Å². The molecule has 0 unspecified atom stereocenters. The number of morpholine rings is 1. The van der Waals surface area contributed by atoms with Crippen LogP contribution in [0.5, 0.6) is 0 Å². The van der Waals surface area contributed by atoms with Crippen molar-refractivity contribution in [2.45, 2.75) is 64.0 Å². The fraction of sp³-hybridized carbons (Fsp3) is 0.727. The summed E-state index contributed by atoms with van der Waals surface area (Å²) in [6.07, 6.45) is 6.17. The van der Waals surface area contributed by atoms with E-state index in [1.54, 1.807) is 4.90 Å². The van der Waals surface area contributed by atoms with E-state index >= 15 is 0 Å². The first kappa shape index (κ1) is 25.4. The van der Waals surface area contributed by atoms with Crippen molar-refractivity contribution in [1.29, 1.82) is 0 Å². The molecule has 1 aliphatic heterocycles. The number of nitrogen functional groups attached to an aromatic ring is 1. The highest BCUT2D eigenvalue weighted by Crippen LogP contribution is 2.26. The normalized spacial score (nSPS) is 18.2. The molecule has 3 amide bonds. The average Bonchev–Trinajstić information content (AvgIpc) is 3.45. The van der Waals surface area contributed by atoms with Gasteiger partial charge in [0, 0.05) is 32.2 Å². The number of amides is 3. The summed E-state index contributed by atoms with van der Waals surface area (Å²) in [5.41, 5.74) is 11.3. The summed E-state index contributed by atoms with van der Waals surface area (Å²) in [5.74, 6) is -1.27. The lowest BCUT2D eigenvalue weighted by molar-refractivity contribution is -0.126. The molecule has 1 saturated heterocycles. The molecule has 1 aromatic heterocycles. The van der Waals surface area contributed by atoms with E-state index < -0.39 is 11.9 Å². The van der Waals surface area contributed by atoms with Crippen molar-refractivity contribution in [1.82, 2.24) is 19.5 Å². The first-order valence-electron chi connectivity index (χ1n) is 11.9. The van der Waals surface area contributed by atoms with Crippen molar-refractivity contribution in [2.24, 2.45) is 5.73 Å². The van der Waals surface area contributed by atoms with E-state index in [4.69, 9.17) is 16.2 Å². The Labute approximate surface area is 199 Å². The molecule has 1 aliphatic carbocycles. The molecular weight excluding hydrogens is 444 g/mol. The van der Waals surface area contributed by atoms with Gasteiger partial charge in [0.1, 0.15) is 10.9 Å². The van der Waals surface area contributed by atoms with Gasteiger partial charge in [-0.15, -0.1) is 0 Å². The Morgan fingerprint density at radius 3 is 2.58 bits per heavy atom. The molecule has 184 valence electrons. The van der Waals surface area contributed by atoms with Gasteiger partial charge in [-0.25, -0.2) is 0 Å². The van der Waals surface area contributed by atoms with Crippen molar-refractivity contribution in [3.63, 3.8) is 0 Å². The number of ether oxygens (including phenoxy) is 1. The van der Waals surface area contributed by atoms with Crippen molar-refractivity contribution in [3.05, 3.63) is 10.6 Å². The number of hydrogen-bond donors (Lipinski definition) is 3. The zero-order chi connectivity index (χ0) is 23.8. The summed E-state index contributed by atoms with van der Waals surface area (Å²) < 4.78 is 9.38. The molecule has 0 radical (unpaired) electrons. The highest BCUT2D eigenvalue weighted by atomic mass is 32.1. The zero-order valence-corrected chi connectivity index (χ0v) is 20.2. The molecule has 3 rings (SSSR count). The maximum atomic E-state index is 13.6. The summed E-state index contributed by atoms with van der Waals surface area (Å²) in [6, 6.07) is -0.441. The fourth-order valence-electron chi connectivity index (χ4n) is 4.52. The van der Waals surface area contributed by atoms with Crippen LogP contribution in [0.4, 0.5) is 5.69 Å². The maximum absolute atomic E-state index is 13.6. The molecule has 10 nitrogen and oxygen atoms in total. The van der Waals surface area contributed by atoms with Crippen molar-refractivity contribution < 1.29 is 19.1 Å². The van der Waals surface area contributed by atoms with Crippen LogP contribution in [0.25, 0.3) is 0 Å². The highest BCUT2D eigenvalue weighted by molar-refractivity contribution is 7.09. The van der Waals surface area contributed by atoms with Gasteiger partial charge in [0.05, 0.1) is 18.9 Å². The number of carbonyl (C=O) groups is 3. The van der Waals surface area contributed by atoms with Crippen LogP contribution in [-0.2, 0) is 9.53 Å². The number of nitrogens with two attached hydrogens (primary N) is 2. The van der Waals surface area contributed by atoms with Gasteiger partial charge >= 0.3 is 0 Å². The number of aromatic nitrogens is 1. The Balaban J connectivity index is 1.79. The predicted octanol–water partition coefficient (Wildman–Crippen LogP) is 1.22. The van der Waals surface area contributed by atoms with Crippen LogP contribution in [0.2, 0.25) is 0 Å². The number of hydrogen-bond acceptors (Lipinski definition) is 8. The molecule has 5 N–H and O–H groups in total. The van der Waals surface area contributed by atoms with Gasteiger partial charge in [-0.1, -0.05) is 26.2 Å². The molecule has 0 bridgehead atoms. The summed E-state index contributed by atoms with van der Waals surface area (Å²) >= 11 is 0.857. The van der Waals surface area contributed by atoms with Crippen LogP contribution < -0.4 is 16.8 Å². The quantitative estimate of drug-likeness (QED) is 0.432. The van der Waals surface area contributed by atoms with Crippen molar-refractivity contribution in [3.8, 4) is 0 Å². The Bertz CT molecular complexity index is 820. The molecule has 1 aromatic rings. The number of primary amides is 1. The van der Waals surface area contributed by atoms with Gasteiger partial charge in [0.2, 0.25) is 5.91 Å². The van der Waals surface area contributed by atoms with Crippen LogP contribution in [0.1, 0.15) is 72.0 Å². The zero-order valence-electron chi connectivity index (χ0n) is 19.4. The lowest BCUT2D eigenvalue weighted by Crippen LogP contribution is -2.52. The predicted molar refractivity (Wildman–Crippen MR) is 127 cm³/mol. The number of nitrogens with zero attached hydrogens (tertiary/aromatic N) is 3. The van der Waals surface area contributed by atoms with E-state index in [9.17, 15) is 14.4 Å². The molecule has 2 fully saturated rings. The molecule has 1 saturated carbocycles. The number of carbonyl (C=O) groups excluding carboxylic acids is 3. The maximum Gasteiger partial charge on any atom is 0.270 e. The Kier molecular flexibility index (Phi) is 9.45. The van der Waals surface area contributed by atoms with E-state index in [0.717, 1.165) is 63.3 Å². The molecule has 0 aromatic carbocycles. The second-order valence-corrected chi connectivity index (χ2v) is 9.51. The van der Waals surface area contributed by atoms with E-state index in [1.165, 1.54) is 0 Å². The van der Waals surface area contributed by atoms with Crippen LogP contribution in [0.15, 0.2) is 0 Å². The van der Waals surface area contributed by atoms with Crippen molar-refractivity contribution >= 4 is 34.9 Å². The monoisotopic (exact) mass is 480 g/mol. The van der Waals surface area contributed by atoms with Crippen molar-refractivity contribution in [2.75, 3.05) is 45.1 Å². The molecular formula is C22H36N6O4S. The van der Waals surface area contributed by atoms with E-state index in [-0.39, 0.29) is 34.1 Å². The SMILES string of the molecule is CCC[C@@H](C(=O)NC1CCCC1)N(CCCN1CCOCC1)C(=O)c1snc(C(N)=O)c1N. The van der Waals surface area contributed by atoms with Gasteiger partial charge in [-0.05, 0) is 37.2 Å². The largest absolute Gasteiger partial charge is 0.395 e. The van der Waals surface area contributed by atoms with Crippen LogP contribution in [-0.4, -0.2) is 83.4 Å². The van der Waals surface area contributed by atoms with Crippen LogP contribution in [0.3, 0.4) is 0 Å². The van der Waals surface area contributed by atoms with E-state index in [0.29, 0.717) is 32.6 Å². The molecule has 33 heavy (non-hydrogen) atoms. The fourth-order valence-corrected chi connectivity index (χ4v) is 5.28. The standard InChI is InChI=1S/C22H36N6O4S/c1-2-6-16(21(30)25-15-7-3-4-8-15)28(10-5-9-27-11-13-32-14-12-27)22(31)19-17(23)18(20(24)29)26-33-19/h15-16H,2-14,23H2,1H3,(H2,24,29)(H,25,30)/t16-/m0/s1. The highest BCUT2D eigenvalue weighted by Gasteiger charge is 2.34. The molecule has 2 heterocycles. The van der Waals surface area contributed by atoms with Gasteiger partial charge in [0.25, 0.3) is 11.8 Å². The Hall–Kier alpha value is -2.24. The molecule has 11 heteroatoms. The van der Waals surface area contributed by atoms with E-state index in [1.807, 2.05) is 6.92 Å². The minimum absolute atomic E-state index is 0.0119. The smallest absolute Gasteiger partial charge is 0.270 e. The molecule has 2 aliphatic rings. The Morgan fingerprint density at radius 2 is 1.97 bits per heavy atom. The Morgan fingerprint density at radius 1 is 1.27 bits per heavy atom. The molecule has 0 spiro atoms. The third kappa shape index (κ3) is 6.64.